The third-order valence-electron chi connectivity index (χ3n) is 2.92. The van der Waals surface area contributed by atoms with Crippen molar-refractivity contribution in [2.75, 3.05) is 13.1 Å². The highest BCUT2D eigenvalue weighted by Crippen LogP contribution is 2.11. The molecule has 21 heavy (non-hydrogen) atoms. The first-order valence-electron chi connectivity index (χ1n) is 7.12. The molecule has 0 aromatic heterocycles. The van der Waals surface area contributed by atoms with Crippen LogP contribution in [0.25, 0.3) is 0 Å². The molecule has 0 fully saturated rings. The van der Waals surface area contributed by atoms with Crippen molar-refractivity contribution in [2.45, 2.75) is 33.7 Å². The Hall–Kier alpha value is -1.88. The lowest BCUT2D eigenvalue weighted by molar-refractivity contribution is 0.0928. The van der Waals surface area contributed by atoms with Crippen LogP contribution >= 0.6 is 0 Å². The van der Waals surface area contributed by atoms with Crippen molar-refractivity contribution >= 4 is 11.8 Å². The minimum Gasteiger partial charge on any atom is -0.352 e. The standard InChI is InChI=1S/C16H25N3O2/c1-11(9-17)19-15(21)13-7-5-12(6-8-13)14(20)18-10-16(2,3)4/h5-8,11H,9-10,17H2,1-4H3,(H,18,20)(H,19,21)/t11-/m0/s1. The van der Waals surface area contributed by atoms with Gasteiger partial charge in [-0.05, 0) is 36.6 Å². The summed E-state index contributed by atoms with van der Waals surface area (Å²) in [5.41, 5.74) is 6.56. The van der Waals surface area contributed by atoms with Crippen LogP contribution in [0.2, 0.25) is 0 Å². The van der Waals surface area contributed by atoms with Crippen molar-refractivity contribution in [3.05, 3.63) is 35.4 Å². The van der Waals surface area contributed by atoms with Gasteiger partial charge in [0.25, 0.3) is 11.8 Å². The number of benzene rings is 1. The van der Waals surface area contributed by atoms with Gasteiger partial charge in [0, 0.05) is 30.3 Å². The monoisotopic (exact) mass is 291 g/mol. The quantitative estimate of drug-likeness (QED) is 0.769. The van der Waals surface area contributed by atoms with Crippen LogP contribution in [0.5, 0.6) is 0 Å². The van der Waals surface area contributed by atoms with Crippen molar-refractivity contribution in [3.63, 3.8) is 0 Å². The second-order valence-corrected chi connectivity index (χ2v) is 6.43. The molecule has 0 aliphatic rings. The molecule has 5 nitrogen and oxygen atoms in total. The van der Waals surface area contributed by atoms with E-state index in [9.17, 15) is 9.59 Å². The molecule has 116 valence electrons. The minimum absolute atomic E-state index is 0.0356. The third-order valence-corrected chi connectivity index (χ3v) is 2.92. The molecule has 0 saturated heterocycles. The molecule has 1 rings (SSSR count). The fourth-order valence-corrected chi connectivity index (χ4v) is 1.59. The fourth-order valence-electron chi connectivity index (χ4n) is 1.59. The van der Waals surface area contributed by atoms with E-state index in [1.165, 1.54) is 0 Å². The average Bonchev–Trinajstić information content (AvgIpc) is 2.43. The van der Waals surface area contributed by atoms with E-state index in [4.69, 9.17) is 5.73 Å². The number of nitrogens with two attached hydrogens (primary N) is 1. The number of amides is 2. The molecule has 1 aromatic carbocycles. The Kier molecular flexibility index (Phi) is 5.90. The Morgan fingerprint density at radius 2 is 1.57 bits per heavy atom. The van der Waals surface area contributed by atoms with E-state index in [1.807, 2.05) is 6.92 Å². The first-order chi connectivity index (χ1) is 9.73. The van der Waals surface area contributed by atoms with Gasteiger partial charge in [-0.3, -0.25) is 9.59 Å². The smallest absolute Gasteiger partial charge is 0.251 e. The molecule has 1 aromatic rings. The summed E-state index contributed by atoms with van der Waals surface area (Å²) in [6.07, 6.45) is 0. The van der Waals surface area contributed by atoms with Gasteiger partial charge in [0.1, 0.15) is 0 Å². The number of carbonyl (C=O) groups excluding carboxylic acids is 2. The molecule has 0 saturated carbocycles. The molecule has 5 heteroatoms. The molecule has 0 unspecified atom stereocenters. The number of rotatable bonds is 5. The van der Waals surface area contributed by atoms with Gasteiger partial charge in [0.15, 0.2) is 0 Å². The second-order valence-electron chi connectivity index (χ2n) is 6.43. The Morgan fingerprint density at radius 1 is 1.10 bits per heavy atom. The summed E-state index contributed by atoms with van der Waals surface area (Å²) in [6.45, 7) is 8.99. The highest BCUT2D eigenvalue weighted by molar-refractivity contribution is 5.97. The Balaban J connectivity index is 2.65. The van der Waals surface area contributed by atoms with E-state index in [0.717, 1.165) is 0 Å². The molecule has 2 amide bonds. The molecular weight excluding hydrogens is 266 g/mol. The maximum atomic E-state index is 12.0. The number of hydrogen-bond donors (Lipinski definition) is 3. The summed E-state index contributed by atoms with van der Waals surface area (Å²) in [5, 5.41) is 5.65. The largest absolute Gasteiger partial charge is 0.352 e. The maximum absolute atomic E-state index is 12.0. The average molecular weight is 291 g/mol. The van der Waals surface area contributed by atoms with Gasteiger partial charge in [-0.15, -0.1) is 0 Å². The number of nitrogens with one attached hydrogen (secondary N) is 2. The van der Waals surface area contributed by atoms with Crippen LogP contribution in [0, 0.1) is 5.41 Å². The lowest BCUT2D eigenvalue weighted by atomic mass is 9.97. The van der Waals surface area contributed by atoms with E-state index >= 15 is 0 Å². The molecule has 0 aliphatic carbocycles. The first-order valence-corrected chi connectivity index (χ1v) is 7.12. The molecule has 0 spiro atoms. The zero-order valence-corrected chi connectivity index (χ0v) is 13.2. The van der Waals surface area contributed by atoms with Gasteiger partial charge in [-0.25, -0.2) is 0 Å². The highest BCUT2D eigenvalue weighted by atomic mass is 16.2. The van der Waals surface area contributed by atoms with Crippen LogP contribution in [0.15, 0.2) is 24.3 Å². The van der Waals surface area contributed by atoms with Crippen LogP contribution in [0.4, 0.5) is 0 Å². The predicted octanol–water partition coefficient (Wildman–Crippen LogP) is 1.54. The van der Waals surface area contributed by atoms with Crippen molar-refractivity contribution in [3.8, 4) is 0 Å². The van der Waals surface area contributed by atoms with Crippen LogP contribution in [-0.4, -0.2) is 30.9 Å². The minimum atomic E-state index is -0.186. The van der Waals surface area contributed by atoms with Gasteiger partial charge in [0.05, 0.1) is 0 Å². The molecule has 0 radical (unpaired) electrons. The van der Waals surface area contributed by atoms with E-state index in [0.29, 0.717) is 24.2 Å². The second kappa shape index (κ2) is 7.22. The third kappa shape index (κ3) is 5.95. The SMILES string of the molecule is C[C@@H](CN)NC(=O)c1ccc(C(=O)NCC(C)(C)C)cc1. The maximum Gasteiger partial charge on any atom is 0.251 e. The van der Waals surface area contributed by atoms with Crippen molar-refractivity contribution in [1.29, 1.82) is 0 Å². The highest BCUT2D eigenvalue weighted by Gasteiger charge is 2.14. The zero-order chi connectivity index (χ0) is 16.0. The van der Waals surface area contributed by atoms with Crippen molar-refractivity contribution in [2.24, 2.45) is 11.1 Å². The van der Waals surface area contributed by atoms with Gasteiger partial charge >= 0.3 is 0 Å². The Labute approximate surface area is 126 Å². The summed E-state index contributed by atoms with van der Waals surface area (Å²) < 4.78 is 0. The predicted molar refractivity (Wildman–Crippen MR) is 84.2 cm³/mol. The Morgan fingerprint density at radius 3 is 2.00 bits per heavy atom. The number of hydrogen-bond acceptors (Lipinski definition) is 3. The summed E-state index contributed by atoms with van der Waals surface area (Å²) in [7, 11) is 0. The van der Waals surface area contributed by atoms with Crippen LogP contribution in [-0.2, 0) is 0 Å². The van der Waals surface area contributed by atoms with Crippen LogP contribution in [0.1, 0.15) is 48.4 Å². The fraction of sp³-hybridized carbons (Fsp3) is 0.500. The van der Waals surface area contributed by atoms with E-state index in [-0.39, 0.29) is 23.3 Å². The summed E-state index contributed by atoms with van der Waals surface area (Å²) in [4.78, 5) is 23.9. The summed E-state index contributed by atoms with van der Waals surface area (Å²) in [5.74, 6) is -0.318. The molecule has 4 N–H and O–H groups in total. The van der Waals surface area contributed by atoms with Crippen LogP contribution < -0.4 is 16.4 Å². The van der Waals surface area contributed by atoms with Crippen molar-refractivity contribution < 1.29 is 9.59 Å². The van der Waals surface area contributed by atoms with Gasteiger partial charge in [-0.1, -0.05) is 20.8 Å². The van der Waals surface area contributed by atoms with E-state index < -0.39 is 0 Å². The molecular formula is C16H25N3O2. The van der Waals surface area contributed by atoms with Gasteiger partial charge in [0.2, 0.25) is 0 Å². The first kappa shape index (κ1) is 17.2. The van der Waals surface area contributed by atoms with Gasteiger partial charge < -0.3 is 16.4 Å². The van der Waals surface area contributed by atoms with Crippen molar-refractivity contribution in [1.82, 2.24) is 10.6 Å². The Bertz CT molecular complexity index is 489. The molecule has 1 atom stereocenters. The zero-order valence-electron chi connectivity index (χ0n) is 13.2. The normalized spacial score (nSPS) is 12.6. The lowest BCUT2D eigenvalue weighted by Crippen LogP contribution is -2.37. The van der Waals surface area contributed by atoms with E-state index in [2.05, 4.69) is 31.4 Å². The number of carbonyl (C=O) groups is 2. The molecule has 0 bridgehead atoms. The summed E-state index contributed by atoms with van der Waals surface area (Å²) in [6, 6.07) is 6.52. The van der Waals surface area contributed by atoms with Crippen LogP contribution in [0.3, 0.4) is 0 Å². The summed E-state index contributed by atoms with van der Waals surface area (Å²) >= 11 is 0. The topological polar surface area (TPSA) is 84.2 Å². The molecule has 0 aliphatic heterocycles. The van der Waals surface area contributed by atoms with Gasteiger partial charge in [-0.2, -0.15) is 0 Å². The van der Waals surface area contributed by atoms with E-state index in [1.54, 1.807) is 24.3 Å². The lowest BCUT2D eigenvalue weighted by Gasteiger charge is -2.18. The molecule has 0 heterocycles.